The van der Waals surface area contributed by atoms with Crippen molar-refractivity contribution in [2.75, 3.05) is 20.3 Å². The van der Waals surface area contributed by atoms with Crippen LogP contribution < -0.4 is 5.73 Å². The van der Waals surface area contributed by atoms with Crippen LogP contribution in [0.25, 0.3) is 0 Å². The quantitative estimate of drug-likeness (QED) is 0.917. The molecule has 1 fully saturated rings. The highest BCUT2D eigenvalue weighted by molar-refractivity contribution is 6.30. The number of nitrogens with two attached hydrogens (primary N) is 1. The summed E-state index contributed by atoms with van der Waals surface area (Å²) in [5.41, 5.74) is 4.42. The van der Waals surface area contributed by atoms with Crippen LogP contribution >= 0.6 is 11.6 Å². The molecule has 1 saturated heterocycles. The lowest BCUT2D eigenvalue weighted by atomic mass is 9.95. The van der Waals surface area contributed by atoms with Crippen molar-refractivity contribution in [2.24, 2.45) is 5.73 Å². The number of nitrogens with zero attached hydrogens (tertiary/aromatic N) is 1. The van der Waals surface area contributed by atoms with E-state index in [0.717, 1.165) is 6.07 Å². The molecule has 0 spiro atoms. The van der Waals surface area contributed by atoms with Gasteiger partial charge in [-0.2, -0.15) is 0 Å². The molecule has 1 aliphatic heterocycles. The van der Waals surface area contributed by atoms with Crippen LogP contribution in [0, 0.1) is 5.82 Å². The van der Waals surface area contributed by atoms with Crippen LogP contribution in [0.3, 0.4) is 0 Å². The molecule has 1 unspecified atom stereocenters. The molecule has 21 heavy (non-hydrogen) atoms. The van der Waals surface area contributed by atoms with E-state index in [0.29, 0.717) is 19.4 Å². The molecule has 0 saturated carbocycles. The second kappa shape index (κ2) is 5.99. The average Bonchev–Trinajstić information content (AvgIpc) is 2.86. The fourth-order valence-electron chi connectivity index (χ4n) is 2.68. The molecule has 1 heterocycles. The third-order valence-electron chi connectivity index (χ3n) is 3.74. The maximum atomic E-state index is 13.5. The number of rotatable bonds is 4. The van der Waals surface area contributed by atoms with Gasteiger partial charge in [0.2, 0.25) is 5.91 Å². The standard InChI is InChI=1S/C14H16ClFN2O3/c1-21-8-14(13(17)20)5-2-6-18(14)12(19)9-3-4-10(15)11(16)7-9/h3-4,7H,2,5-6,8H2,1H3,(H2,17,20). The first kappa shape index (κ1) is 15.7. The van der Waals surface area contributed by atoms with E-state index < -0.39 is 23.2 Å². The first-order valence-corrected chi connectivity index (χ1v) is 6.86. The van der Waals surface area contributed by atoms with Crippen LogP contribution in [0.5, 0.6) is 0 Å². The Labute approximate surface area is 126 Å². The normalized spacial score (nSPS) is 21.6. The van der Waals surface area contributed by atoms with Crippen molar-refractivity contribution in [3.05, 3.63) is 34.6 Å². The zero-order valence-electron chi connectivity index (χ0n) is 11.6. The number of hydrogen-bond donors (Lipinski definition) is 1. The Bertz CT molecular complexity index is 581. The van der Waals surface area contributed by atoms with Gasteiger partial charge in [0.15, 0.2) is 0 Å². The highest BCUT2D eigenvalue weighted by Gasteiger charge is 2.48. The average molecular weight is 315 g/mol. The number of halogens is 2. The summed E-state index contributed by atoms with van der Waals surface area (Å²) in [6, 6.07) is 3.79. The smallest absolute Gasteiger partial charge is 0.254 e. The lowest BCUT2D eigenvalue weighted by Crippen LogP contribution is -2.58. The van der Waals surface area contributed by atoms with Crippen molar-refractivity contribution in [1.29, 1.82) is 0 Å². The molecule has 0 radical (unpaired) electrons. The largest absolute Gasteiger partial charge is 0.382 e. The predicted molar refractivity (Wildman–Crippen MR) is 75.5 cm³/mol. The Morgan fingerprint density at radius 3 is 2.81 bits per heavy atom. The number of benzene rings is 1. The van der Waals surface area contributed by atoms with Crippen molar-refractivity contribution in [1.82, 2.24) is 4.90 Å². The Morgan fingerprint density at radius 2 is 2.24 bits per heavy atom. The number of methoxy groups -OCH3 is 1. The van der Waals surface area contributed by atoms with Crippen LogP contribution in [0.1, 0.15) is 23.2 Å². The number of primary amides is 1. The molecule has 5 nitrogen and oxygen atoms in total. The SMILES string of the molecule is COCC1(C(N)=O)CCCN1C(=O)c1ccc(Cl)c(F)c1. The Kier molecular flexibility index (Phi) is 4.49. The summed E-state index contributed by atoms with van der Waals surface area (Å²) in [4.78, 5) is 25.8. The topological polar surface area (TPSA) is 72.6 Å². The van der Waals surface area contributed by atoms with Crippen LogP contribution in [0.4, 0.5) is 4.39 Å². The maximum Gasteiger partial charge on any atom is 0.254 e. The van der Waals surface area contributed by atoms with E-state index in [1.165, 1.54) is 24.1 Å². The molecule has 1 aliphatic rings. The third-order valence-corrected chi connectivity index (χ3v) is 4.05. The van der Waals surface area contributed by atoms with E-state index >= 15 is 0 Å². The van der Waals surface area contributed by atoms with Gasteiger partial charge < -0.3 is 15.4 Å². The van der Waals surface area contributed by atoms with Crippen LogP contribution in [-0.2, 0) is 9.53 Å². The minimum absolute atomic E-state index is 0.0180. The Morgan fingerprint density at radius 1 is 1.52 bits per heavy atom. The number of amides is 2. The van der Waals surface area contributed by atoms with Crippen molar-refractivity contribution < 1.29 is 18.7 Å². The first-order chi connectivity index (χ1) is 9.92. The molecule has 0 bridgehead atoms. The number of ether oxygens (including phenoxy) is 1. The second-order valence-corrected chi connectivity index (χ2v) is 5.43. The summed E-state index contributed by atoms with van der Waals surface area (Å²) in [6.07, 6.45) is 1.06. The molecule has 2 amide bonds. The molecule has 2 N–H and O–H groups in total. The molecule has 2 rings (SSSR count). The molecule has 1 aromatic rings. The molecule has 1 atom stereocenters. The van der Waals surface area contributed by atoms with Gasteiger partial charge in [-0.1, -0.05) is 11.6 Å². The molecular formula is C14H16ClFN2O3. The monoisotopic (exact) mass is 314 g/mol. The summed E-state index contributed by atoms with van der Waals surface area (Å²) in [6.45, 7) is 0.388. The van der Waals surface area contributed by atoms with E-state index in [1.54, 1.807) is 0 Å². The minimum Gasteiger partial charge on any atom is -0.382 e. The highest BCUT2D eigenvalue weighted by atomic mass is 35.5. The molecule has 114 valence electrons. The first-order valence-electron chi connectivity index (χ1n) is 6.48. The van der Waals surface area contributed by atoms with Gasteiger partial charge in [0.05, 0.1) is 11.6 Å². The van der Waals surface area contributed by atoms with E-state index in [2.05, 4.69) is 0 Å². The van der Waals surface area contributed by atoms with Gasteiger partial charge >= 0.3 is 0 Å². The van der Waals surface area contributed by atoms with Gasteiger partial charge in [-0.3, -0.25) is 9.59 Å². The highest BCUT2D eigenvalue weighted by Crippen LogP contribution is 2.31. The van der Waals surface area contributed by atoms with Crippen molar-refractivity contribution in [3.63, 3.8) is 0 Å². The lowest BCUT2D eigenvalue weighted by Gasteiger charge is -2.35. The van der Waals surface area contributed by atoms with Gasteiger partial charge in [0.25, 0.3) is 5.91 Å². The predicted octanol–water partition coefficient (Wildman–Crippen LogP) is 1.59. The van der Waals surface area contributed by atoms with Crippen molar-refractivity contribution in [2.45, 2.75) is 18.4 Å². The fraction of sp³-hybridized carbons (Fsp3) is 0.429. The number of hydrogen-bond acceptors (Lipinski definition) is 3. The molecular weight excluding hydrogens is 299 g/mol. The summed E-state index contributed by atoms with van der Waals surface area (Å²) in [5.74, 6) is -1.76. The van der Waals surface area contributed by atoms with Gasteiger partial charge in [0.1, 0.15) is 11.4 Å². The summed E-state index contributed by atoms with van der Waals surface area (Å²) in [7, 11) is 1.44. The van der Waals surface area contributed by atoms with E-state index in [1.807, 2.05) is 0 Å². The zero-order valence-corrected chi connectivity index (χ0v) is 12.3. The Balaban J connectivity index is 2.36. The molecule has 1 aromatic carbocycles. The van der Waals surface area contributed by atoms with Crippen LogP contribution in [-0.4, -0.2) is 42.5 Å². The molecule has 0 aliphatic carbocycles. The number of likely N-dealkylation sites (tertiary alicyclic amines) is 1. The third kappa shape index (κ3) is 2.73. The fourth-order valence-corrected chi connectivity index (χ4v) is 2.79. The van der Waals surface area contributed by atoms with Gasteiger partial charge in [0, 0.05) is 19.2 Å². The minimum atomic E-state index is -1.18. The van der Waals surface area contributed by atoms with E-state index in [9.17, 15) is 14.0 Å². The summed E-state index contributed by atoms with van der Waals surface area (Å²) in [5, 5.41) is -0.0639. The van der Waals surface area contributed by atoms with E-state index in [4.69, 9.17) is 22.1 Å². The molecule has 0 aromatic heterocycles. The zero-order chi connectivity index (χ0) is 15.6. The lowest BCUT2D eigenvalue weighted by molar-refractivity contribution is -0.130. The number of carbonyl (C=O) groups is 2. The Hall–Kier alpha value is -1.66. The second-order valence-electron chi connectivity index (χ2n) is 5.02. The summed E-state index contributed by atoms with van der Waals surface area (Å²) < 4.78 is 18.6. The van der Waals surface area contributed by atoms with Crippen LogP contribution in [0.2, 0.25) is 5.02 Å². The maximum absolute atomic E-state index is 13.5. The molecule has 7 heteroatoms. The summed E-state index contributed by atoms with van der Waals surface area (Å²) >= 11 is 5.61. The van der Waals surface area contributed by atoms with Crippen molar-refractivity contribution >= 4 is 23.4 Å². The van der Waals surface area contributed by atoms with Gasteiger partial charge in [-0.05, 0) is 31.0 Å². The van der Waals surface area contributed by atoms with Crippen LogP contribution in [0.15, 0.2) is 18.2 Å². The van der Waals surface area contributed by atoms with Crippen molar-refractivity contribution in [3.8, 4) is 0 Å². The van der Waals surface area contributed by atoms with Gasteiger partial charge in [-0.25, -0.2) is 4.39 Å². The van der Waals surface area contributed by atoms with Gasteiger partial charge in [-0.15, -0.1) is 0 Å². The van der Waals surface area contributed by atoms with E-state index in [-0.39, 0.29) is 17.2 Å². The number of carbonyl (C=O) groups excluding carboxylic acids is 2.